The molecule has 0 bridgehead atoms. The normalized spacial score (nSPS) is 27.7. The minimum absolute atomic E-state index is 0.0402. The first-order chi connectivity index (χ1) is 13.2. The van der Waals surface area contributed by atoms with Crippen LogP contribution in [0.1, 0.15) is 32.1 Å². The fourth-order valence-electron chi connectivity index (χ4n) is 4.36. The van der Waals surface area contributed by atoms with Crippen LogP contribution in [0.15, 0.2) is 24.3 Å². The van der Waals surface area contributed by atoms with Gasteiger partial charge < -0.3 is 15.1 Å². The number of hydrogen-bond donors (Lipinski definition) is 4. The molecule has 148 valence electrons. The number of para-hydroxylation sites is 1. The molecule has 0 saturated carbocycles. The summed E-state index contributed by atoms with van der Waals surface area (Å²) >= 11 is 0. The van der Waals surface area contributed by atoms with Gasteiger partial charge in [-0.2, -0.15) is 5.53 Å². The van der Waals surface area contributed by atoms with Crippen molar-refractivity contribution in [1.82, 2.24) is 26.2 Å². The standard InChI is InChI=1S/C19H29FN6O/c20-15-6-2-3-7-16(15)21-18-17(22-24-23-18)19(27)26-12-8-14(9-13-26)25-10-4-1-5-11-25/h2-3,6-7,14,17-18,21-24H,1,4-5,8-13H2. The van der Waals surface area contributed by atoms with Crippen molar-refractivity contribution in [2.24, 2.45) is 0 Å². The maximum Gasteiger partial charge on any atom is 0.244 e. The predicted octanol–water partition coefficient (Wildman–Crippen LogP) is 1.02. The van der Waals surface area contributed by atoms with Crippen LogP contribution < -0.4 is 21.7 Å². The monoisotopic (exact) mass is 376 g/mol. The second-order valence-electron chi connectivity index (χ2n) is 7.65. The van der Waals surface area contributed by atoms with E-state index >= 15 is 0 Å². The number of nitrogens with zero attached hydrogens (tertiary/aromatic N) is 2. The third kappa shape index (κ3) is 4.24. The van der Waals surface area contributed by atoms with Crippen LogP contribution in [0.3, 0.4) is 0 Å². The number of piperidine rings is 2. The Balaban J connectivity index is 1.33. The summed E-state index contributed by atoms with van der Waals surface area (Å²) in [5.41, 5.74) is 9.12. The highest BCUT2D eigenvalue weighted by atomic mass is 19.1. The molecule has 4 N–H and O–H groups in total. The largest absolute Gasteiger partial charge is 0.365 e. The molecule has 3 heterocycles. The molecule has 8 heteroatoms. The lowest BCUT2D eigenvalue weighted by atomic mass is 9.99. The smallest absolute Gasteiger partial charge is 0.244 e. The Morgan fingerprint density at radius 3 is 2.52 bits per heavy atom. The van der Waals surface area contributed by atoms with Gasteiger partial charge in [-0.3, -0.25) is 4.79 Å². The van der Waals surface area contributed by atoms with E-state index in [1.54, 1.807) is 18.2 Å². The first kappa shape index (κ1) is 18.6. The molecule has 3 aliphatic heterocycles. The van der Waals surface area contributed by atoms with Crippen molar-refractivity contribution < 1.29 is 9.18 Å². The maximum absolute atomic E-state index is 13.9. The Morgan fingerprint density at radius 1 is 1.04 bits per heavy atom. The quantitative estimate of drug-likeness (QED) is 0.629. The number of hydrogen-bond acceptors (Lipinski definition) is 6. The summed E-state index contributed by atoms with van der Waals surface area (Å²) in [5.74, 6) is -0.293. The molecule has 4 rings (SSSR count). The summed E-state index contributed by atoms with van der Waals surface area (Å²) < 4.78 is 13.9. The van der Waals surface area contributed by atoms with Gasteiger partial charge in [0.15, 0.2) is 0 Å². The number of halogens is 1. The zero-order chi connectivity index (χ0) is 18.6. The summed E-state index contributed by atoms with van der Waals surface area (Å²) in [6, 6.07) is 6.60. The van der Waals surface area contributed by atoms with Crippen molar-refractivity contribution in [3.63, 3.8) is 0 Å². The van der Waals surface area contributed by atoms with Gasteiger partial charge in [0.1, 0.15) is 18.0 Å². The minimum Gasteiger partial charge on any atom is -0.365 e. The second-order valence-corrected chi connectivity index (χ2v) is 7.65. The molecule has 1 amide bonds. The summed E-state index contributed by atoms with van der Waals surface area (Å²) in [7, 11) is 0. The van der Waals surface area contributed by atoms with Crippen LogP contribution in [0.5, 0.6) is 0 Å². The molecule has 3 aliphatic rings. The highest BCUT2D eigenvalue weighted by Crippen LogP contribution is 2.22. The van der Waals surface area contributed by atoms with Gasteiger partial charge >= 0.3 is 0 Å². The Morgan fingerprint density at radius 2 is 1.78 bits per heavy atom. The number of anilines is 1. The molecule has 0 aliphatic carbocycles. The van der Waals surface area contributed by atoms with Gasteiger partial charge in [-0.1, -0.05) is 18.6 Å². The summed E-state index contributed by atoms with van der Waals surface area (Å²) in [5, 5.41) is 3.07. The molecule has 7 nitrogen and oxygen atoms in total. The minimum atomic E-state index is -0.490. The van der Waals surface area contributed by atoms with E-state index in [9.17, 15) is 9.18 Å². The van der Waals surface area contributed by atoms with E-state index < -0.39 is 12.2 Å². The zero-order valence-electron chi connectivity index (χ0n) is 15.6. The molecule has 1 aromatic rings. The summed E-state index contributed by atoms with van der Waals surface area (Å²) in [4.78, 5) is 17.5. The SMILES string of the molecule is O=C(C1NNNC1Nc1ccccc1F)N1CCC(N2CCCCC2)CC1. The number of hydrazine groups is 2. The average molecular weight is 376 g/mol. The molecule has 3 saturated heterocycles. The number of rotatable bonds is 4. The van der Waals surface area contributed by atoms with Crippen molar-refractivity contribution in [2.75, 3.05) is 31.5 Å². The molecule has 3 fully saturated rings. The average Bonchev–Trinajstić information content (AvgIpc) is 3.18. The number of carbonyl (C=O) groups is 1. The van der Waals surface area contributed by atoms with Crippen LogP contribution >= 0.6 is 0 Å². The van der Waals surface area contributed by atoms with Gasteiger partial charge in [0.2, 0.25) is 5.91 Å². The lowest BCUT2D eigenvalue weighted by molar-refractivity contribution is -0.135. The van der Waals surface area contributed by atoms with Gasteiger partial charge in [0.05, 0.1) is 5.69 Å². The first-order valence-corrected chi connectivity index (χ1v) is 10.0. The van der Waals surface area contributed by atoms with Gasteiger partial charge in [0, 0.05) is 19.1 Å². The molecule has 27 heavy (non-hydrogen) atoms. The van der Waals surface area contributed by atoms with Crippen molar-refractivity contribution in [3.8, 4) is 0 Å². The molecule has 0 radical (unpaired) electrons. The lowest BCUT2D eigenvalue weighted by Crippen LogP contribution is -2.55. The van der Waals surface area contributed by atoms with Crippen molar-refractivity contribution in [2.45, 2.75) is 50.4 Å². The summed E-state index contributed by atoms with van der Waals surface area (Å²) in [6.07, 6.45) is 5.58. The molecular formula is C19H29FN6O. The van der Waals surface area contributed by atoms with Crippen LogP contribution in [0.4, 0.5) is 10.1 Å². The number of nitrogens with one attached hydrogen (secondary N) is 4. The maximum atomic E-state index is 13.9. The van der Waals surface area contributed by atoms with Crippen molar-refractivity contribution >= 4 is 11.6 Å². The van der Waals surface area contributed by atoms with E-state index in [0.717, 1.165) is 25.9 Å². The number of amides is 1. The third-order valence-corrected chi connectivity index (χ3v) is 5.92. The van der Waals surface area contributed by atoms with Crippen LogP contribution in [-0.4, -0.2) is 60.1 Å². The van der Waals surface area contributed by atoms with E-state index in [1.165, 1.54) is 38.4 Å². The highest BCUT2D eigenvalue weighted by molar-refractivity contribution is 5.83. The Kier molecular flexibility index (Phi) is 5.87. The molecule has 1 aromatic carbocycles. The van der Waals surface area contributed by atoms with E-state index in [1.807, 2.05) is 4.90 Å². The topological polar surface area (TPSA) is 71.7 Å². The summed E-state index contributed by atoms with van der Waals surface area (Å²) in [6.45, 7) is 3.96. The Hall–Kier alpha value is -1.74. The van der Waals surface area contributed by atoms with Gasteiger partial charge in [-0.05, 0) is 50.9 Å². The van der Waals surface area contributed by atoms with E-state index in [2.05, 4.69) is 26.6 Å². The van der Waals surface area contributed by atoms with Crippen LogP contribution in [-0.2, 0) is 4.79 Å². The van der Waals surface area contributed by atoms with E-state index in [0.29, 0.717) is 11.7 Å². The van der Waals surface area contributed by atoms with Crippen LogP contribution in [0.25, 0.3) is 0 Å². The van der Waals surface area contributed by atoms with Crippen molar-refractivity contribution in [3.05, 3.63) is 30.1 Å². The zero-order valence-corrected chi connectivity index (χ0v) is 15.6. The Labute approximate surface area is 159 Å². The number of likely N-dealkylation sites (tertiary alicyclic amines) is 2. The van der Waals surface area contributed by atoms with Gasteiger partial charge in [0.25, 0.3) is 0 Å². The predicted molar refractivity (Wildman–Crippen MR) is 102 cm³/mol. The van der Waals surface area contributed by atoms with Crippen LogP contribution in [0, 0.1) is 5.82 Å². The molecule has 2 unspecified atom stereocenters. The van der Waals surface area contributed by atoms with E-state index in [4.69, 9.17) is 0 Å². The number of carbonyl (C=O) groups excluding carboxylic acids is 1. The molecule has 0 aromatic heterocycles. The Bertz CT molecular complexity index is 645. The number of benzene rings is 1. The third-order valence-electron chi connectivity index (χ3n) is 5.92. The van der Waals surface area contributed by atoms with Gasteiger partial charge in [-0.25, -0.2) is 15.2 Å². The van der Waals surface area contributed by atoms with Crippen LogP contribution in [0.2, 0.25) is 0 Å². The second kappa shape index (κ2) is 8.52. The van der Waals surface area contributed by atoms with E-state index in [-0.39, 0.29) is 11.7 Å². The first-order valence-electron chi connectivity index (χ1n) is 10.0. The fraction of sp³-hybridized carbons (Fsp3) is 0.632. The van der Waals surface area contributed by atoms with Crippen molar-refractivity contribution in [1.29, 1.82) is 0 Å². The highest BCUT2D eigenvalue weighted by Gasteiger charge is 2.37. The lowest BCUT2D eigenvalue weighted by Gasteiger charge is -2.41. The molecular weight excluding hydrogens is 347 g/mol. The fourth-order valence-corrected chi connectivity index (χ4v) is 4.36. The molecule has 0 spiro atoms. The molecule has 2 atom stereocenters. The van der Waals surface area contributed by atoms with Gasteiger partial charge in [-0.15, -0.1) is 0 Å².